The molecule has 7 heteroatoms. The Morgan fingerprint density at radius 3 is 2.44 bits per heavy atom. The summed E-state index contributed by atoms with van der Waals surface area (Å²) < 4.78 is 26.3. The van der Waals surface area contributed by atoms with E-state index in [4.69, 9.17) is 23.4 Å². The fourth-order valence-corrected chi connectivity index (χ4v) is 3.02. The Balaban J connectivity index is 2.18. The largest absolute Gasteiger partial charge is 0.493 e. The Morgan fingerprint density at radius 1 is 1.08 bits per heavy atom. The van der Waals surface area contributed by atoms with E-state index in [-0.39, 0.29) is 5.56 Å². The van der Waals surface area contributed by atoms with Gasteiger partial charge in [0.05, 0.1) is 32.8 Å². The molecule has 0 N–H and O–H groups in total. The van der Waals surface area contributed by atoms with E-state index in [9.17, 15) is 9.59 Å². The van der Waals surface area contributed by atoms with E-state index >= 15 is 0 Å². The maximum Gasteiger partial charge on any atom is 0.348 e. The molecule has 3 rings (SSSR count). The van der Waals surface area contributed by atoms with Gasteiger partial charge < -0.3 is 23.4 Å². The average Bonchev–Trinajstić information content (AvgIpc) is 2.99. The van der Waals surface area contributed by atoms with E-state index in [1.165, 1.54) is 21.3 Å². The number of carbonyl (C=O) groups excluding carboxylic acids is 1. The molecule has 0 saturated carbocycles. The molecule has 25 heavy (non-hydrogen) atoms. The molecule has 0 saturated heterocycles. The molecule has 0 amide bonds. The van der Waals surface area contributed by atoms with Crippen molar-refractivity contribution >= 4 is 5.97 Å². The van der Waals surface area contributed by atoms with Crippen molar-refractivity contribution in [2.24, 2.45) is 0 Å². The maximum atomic E-state index is 12.4. The van der Waals surface area contributed by atoms with Crippen LogP contribution in [-0.4, -0.2) is 33.4 Å². The lowest BCUT2D eigenvalue weighted by atomic mass is 9.88. The molecule has 2 atom stereocenters. The highest BCUT2D eigenvalue weighted by Crippen LogP contribution is 2.43. The van der Waals surface area contributed by atoms with Gasteiger partial charge >= 0.3 is 11.6 Å². The van der Waals surface area contributed by atoms with E-state index in [2.05, 4.69) is 0 Å². The van der Waals surface area contributed by atoms with Gasteiger partial charge in [0.2, 0.25) is 6.10 Å². The third-order valence-corrected chi connectivity index (χ3v) is 4.14. The molecule has 1 aliphatic heterocycles. The summed E-state index contributed by atoms with van der Waals surface area (Å²) in [4.78, 5) is 24.6. The second-order valence-electron chi connectivity index (χ2n) is 5.58. The first-order valence-electron chi connectivity index (χ1n) is 7.61. The van der Waals surface area contributed by atoms with Crippen molar-refractivity contribution in [1.82, 2.24) is 0 Å². The average molecular weight is 346 g/mol. The van der Waals surface area contributed by atoms with Gasteiger partial charge in [-0.1, -0.05) is 6.07 Å². The molecule has 1 aromatic carbocycles. The number of rotatable bonds is 4. The van der Waals surface area contributed by atoms with Gasteiger partial charge in [-0.3, -0.25) is 0 Å². The van der Waals surface area contributed by atoms with Crippen molar-refractivity contribution < 1.29 is 28.2 Å². The van der Waals surface area contributed by atoms with Crippen LogP contribution in [0.5, 0.6) is 17.2 Å². The van der Waals surface area contributed by atoms with Crippen molar-refractivity contribution in [2.75, 3.05) is 21.3 Å². The molecule has 0 bridgehead atoms. The van der Waals surface area contributed by atoms with Crippen molar-refractivity contribution in [2.45, 2.75) is 18.9 Å². The number of fused-ring (bicyclic) bond motifs is 1. The Morgan fingerprint density at radius 2 is 1.80 bits per heavy atom. The molecule has 2 unspecified atom stereocenters. The zero-order valence-corrected chi connectivity index (χ0v) is 14.3. The van der Waals surface area contributed by atoms with Gasteiger partial charge in [0, 0.05) is 6.07 Å². The number of methoxy groups -OCH3 is 3. The van der Waals surface area contributed by atoms with Crippen LogP contribution in [0.3, 0.4) is 0 Å². The van der Waals surface area contributed by atoms with E-state index in [1.54, 1.807) is 31.2 Å². The molecule has 1 aliphatic rings. The minimum absolute atomic E-state index is 0.285. The van der Waals surface area contributed by atoms with Gasteiger partial charge in [0.25, 0.3) is 0 Å². The monoisotopic (exact) mass is 346 g/mol. The topological polar surface area (TPSA) is 84.2 Å². The standard InChI is InChI=1S/C18H18O7/c1-9-7-13-15(17(19)24-9)14(16(25-13)18(20)23-4)10-5-6-11(21-2)12(8-10)22-3/h5-8,14,16H,1-4H3. The fourth-order valence-electron chi connectivity index (χ4n) is 3.02. The Bertz CT molecular complexity index is 868. The summed E-state index contributed by atoms with van der Waals surface area (Å²) in [6, 6.07) is 6.75. The quantitative estimate of drug-likeness (QED) is 0.783. The summed E-state index contributed by atoms with van der Waals surface area (Å²) in [7, 11) is 4.31. The van der Waals surface area contributed by atoms with E-state index < -0.39 is 23.6 Å². The van der Waals surface area contributed by atoms with Crippen LogP contribution in [-0.2, 0) is 9.53 Å². The Hall–Kier alpha value is -2.96. The second-order valence-corrected chi connectivity index (χ2v) is 5.58. The molecule has 132 valence electrons. The normalized spacial score (nSPS) is 18.2. The number of hydrogen-bond acceptors (Lipinski definition) is 7. The number of esters is 1. The van der Waals surface area contributed by atoms with E-state index in [0.717, 1.165) is 0 Å². The van der Waals surface area contributed by atoms with Crippen LogP contribution in [0, 0.1) is 6.92 Å². The van der Waals surface area contributed by atoms with Crippen molar-refractivity contribution in [1.29, 1.82) is 0 Å². The van der Waals surface area contributed by atoms with Crippen LogP contribution >= 0.6 is 0 Å². The SMILES string of the molecule is COC(=O)C1Oc2cc(C)oc(=O)c2C1c1ccc(OC)c(OC)c1. The van der Waals surface area contributed by atoms with Gasteiger partial charge in [-0.15, -0.1) is 0 Å². The lowest BCUT2D eigenvalue weighted by molar-refractivity contribution is -0.148. The van der Waals surface area contributed by atoms with Gasteiger partial charge in [-0.2, -0.15) is 0 Å². The van der Waals surface area contributed by atoms with E-state index in [0.29, 0.717) is 28.6 Å². The van der Waals surface area contributed by atoms with Crippen LogP contribution in [0.4, 0.5) is 0 Å². The predicted molar refractivity (Wildman–Crippen MR) is 87.5 cm³/mol. The molecule has 0 spiro atoms. The third kappa shape index (κ3) is 2.82. The molecule has 1 aromatic heterocycles. The molecular weight excluding hydrogens is 328 g/mol. The first kappa shape index (κ1) is 16.9. The van der Waals surface area contributed by atoms with E-state index in [1.807, 2.05) is 0 Å². The third-order valence-electron chi connectivity index (χ3n) is 4.14. The molecular formula is C18H18O7. The van der Waals surface area contributed by atoms with Gasteiger partial charge in [0.1, 0.15) is 11.5 Å². The molecule has 0 radical (unpaired) electrons. The Kier molecular flexibility index (Phi) is 4.39. The van der Waals surface area contributed by atoms with Crippen LogP contribution in [0.2, 0.25) is 0 Å². The minimum Gasteiger partial charge on any atom is -0.493 e. The summed E-state index contributed by atoms with van der Waals surface area (Å²) >= 11 is 0. The minimum atomic E-state index is -0.984. The molecule has 7 nitrogen and oxygen atoms in total. The summed E-state index contributed by atoms with van der Waals surface area (Å²) in [5.41, 5.74) is 0.400. The molecule has 2 heterocycles. The highest BCUT2D eigenvalue weighted by molar-refractivity contribution is 5.79. The summed E-state index contributed by atoms with van der Waals surface area (Å²) in [5, 5.41) is 0. The van der Waals surface area contributed by atoms with Crippen LogP contribution < -0.4 is 19.8 Å². The summed E-state index contributed by atoms with van der Waals surface area (Å²) in [6.45, 7) is 1.64. The number of aryl methyl sites for hydroxylation is 1. The number of benzene rings is 1. The smallest absolute Gasteiger partial charge is 0.348 e. The number of carbonyl (C=O) groups is 1. The molecule has 0 fully saturated rings. The van der Waals surface area contributed by atoms with Gasteiger partial charge in [0.15, 0.2) is 11.5 Å². The zero-order chi connectivity index (χ0) is 18.1. The first-order valence-corrected chi connectivity index (χ1v) is 7.61. The van der Waals surface area contributed by atoms with Crippen molar-refractivity contribution in [3.8, 4) is 17.2 Å². The summed E-state index contributed by atoms with van der Waals surface area (Å²) in [5.74, 6) is 0.501. The lowest BCUT2D eigenvalue weighted by Crippen LogP contribution is -2.31. The lowest BCUT2D eigenvalue weighted by Gasteiger charge is -2.18. The van der Waals surface area contributed by atoms with Crippen LogP contribution in [0.15, 0.2) is 33.5 Å². The zero-order valence-electron chi connectivity index (χ0n) is 14.3. The van der Waals surface area contributed by atoms with Crippen molar-refractivity contribution in [3.05, 3.63) is 51.6 Å². The van der Waals surface area contributed by atoms with Crippen molar-refractivity contribution in [3.63, 3.8) is 0 Å². The molecule has 0 aliphatic carbocycles. The fraction of sp³-hybridized carbons (Fsp3) is 0.333. The highest BCUT2D eigenvalue weighted by Gasteiger charge is 2.44. The second kappa shape index (κ2) is 6.51. The summed E-state index contributed by atoms with van der Waals surface area (Å²) in [6.07, 6.45) is -0.984. The number of hydrogen-bond donors (Lipinski definition) is 0. The predicted octanol–water partition coefficient (Wildman–Crippen LogP) is 2.03. The van der Waals surface area contributed by atoms with Crippen LogP contribution in [0.1, 0.15) is 22.8 Å². The first-order chi connectivity index (χ1) is 12.0. The highest BCUT2D eigenvalue weighted by atomic mass is 16.6. The van der Waals surface area contributed by atoms with Gasteiger partial charge in [-0.25, -0.2) is 9.59 Å². The molecule has 2 aromatic rings. The van der Waals surface area contributed by atoms with Crippen LogP contribution in [0.25, 0.3) is 0 Å². The maximum absolute atomic E-state index is 12.4. The van der Waals surface area contributed by atoms with Gasteiger partial charge in [-0.05, 0) is 24.6 Å². The Labute approximate surface area is 144 Å². The number of ether oxygens (including phenoxy) is 4.